The third kappa shape index (κ3) is 4.55. The van der Waals surface area contributed by atoms with Crippen LogP contribution in [-0.2, 0) is 5.41 Å². The fraction of sp³-hybridized carbons (Fsp3) is 0.0980. The first-order chi connectivity index (χ1) is 26.0. The van der Waals surface area contributed by atoms with Crippen LogP contribution in [0, 0.1) is 0 Å². The van der Waals surface area contributed by atoms with Crippen LogP contribution in [0.15, 0.2) is 164 Å². The molecule has 0 aliphatic heterocycles. The predicted octanol–water partition coefficient (Wildman–Crippen LogP) is 14.2. The predicted molar refractivity (Wildman–Crippen MR) is 227 cm³/mol. The van der Waals surface area contributed by atoms with Crippen molar-refractivity contribution in [3.05, 3.63) is 191 Å². The molecule has 0 saturated heterocycles. The molecule has 0 amide bonds. The van der Waals surface area contributed by atoms with E-state index in [2.05, 4.69) is 188 Å². The van der Waals surface area contributed by atoms with E-state index >= 15 is 0 Å². The van der Waals surface area contributed by atoms with Gasteiger partial charge in [-0.1, -0.05) is 141 Å². The maximum atomic E-state index is 2.47. The zero-order valence-corrected chi connectivity index (χ0v) is 30.6. The SMILES string of the molecule is CC1(C)c2ccccc2-c2ccc(-c3ccccc3-c3ccc4c(c3)c3ccccc3n4-c3cccc(C4CC=Cc5c4sc4ccccc54)c3)cc21. The molecule has 0 saturated carbocycles. The number of nitrogens with zero attached hydrogens (tertiary/aromatic N) is 1. The molecule has 11 rings (SSSR count). The molecule has 0 spiro atoms. The summed E-state index contributed by atoms with van der Waals surface area (Å²) in [5, 5.41) is 3.92. The van der Waals surface area contributed by atoms with Gasteiger partial charge in [-0.2, -0.15) is 0 Å². The molecular formula is C51H37NS. The molecule has 2 heterocycles. The minimum Gasteiger partial charge on any atom is -0.309 e. The molecule has 0 radical (unpaired) electrons. The van der Waals surface area contributed by atoms with E-state index in [-0.39, 0.29) is 5.41 Å². The van der Waals surface area contributed by atoms with Crippen molar-refractivity contribution >= 4 is 49.3 Å². The van der Waals surface area contributed by atoms with Gasteiger partial charge in [-0.15, -0.1) is 11.3 Å². The van der Waals surface area contributed by atoms with Crippen molar-refractivity contribution in [2.45, 2.75) is 31.6 Å². The molecule has 2 aromatic heterocycles. The number of thiophene rings is 1. The molecule has 0 N–H and O–H groups in total. The Balaban J connectivity index is 1.03. The second-order valence-electron chi connectivity index (χ2n) is 15.2. The molecule has 0 bridgehead atoms. The third-order valence-electron chi connectivity index (χ3n) is 12.0. The van der Waals surface area contributed by atoms with Gasteiger partial charge in [0, 0.05) is 37.4 Å². The maximum absolute atomic E-state index is 2.47. The molecule has 7 aromatic carbocycles. The summed E-state index contributed by atoms with van der Waals surface area (Å²) in [5.41, 5.74) is 16.9. The number of fused-ring (bicyclic) bond motifs is 9. The van der Waals surface area contributed by atoms with Gasteiger partial charge in [0.2, 0.25) is 0 Å². The summed E-state index contributed by atoms with van der Waals surface area (Å²) in [6.45, 7) is 4.72. The molecule has 0 fully saturated rings. The monoisotopic (exact) mass is 695 g/mol. The van der Waals surface area contributed by atoms with Crippen molar-refractivity contribution in [3.8, 4) is 39.1 Å². The Hall–Kier alpha value is -5.96. The largest absolute Gasteiger partial charge is 0.309 e. The first kappa shape index (κ1) is 30.6. The first-order valence-corrected chi connectivity index (χ1v) is 19.5. The zero-order chi connectivity index (χ0) is 35.3. The molecular weight excluding hydrogens is 659 g/mol. The normalized spacial score (nSPS) is 15.5. The van der Waals surface area contributed by atoms with E-state index in [1.807, 2.05) is 11.3 Å². The smallest absolute Gasteiger partial charge is 0.0541 e. The molecule has 53 heavy (non-hydrogen) atoms. The summed E-state index contributed by atoms with van der Waals surface area (Å²) in [6, 6.07) is 59.0. The van der Waals surface area contributed by atoms with Crippen molar-refractivity contribution < 1.29 is 0 Å². The summed E-state index contributed by atoms with van der Waals surface area (Å²) in [6.07, 6.45) is 5.72. The topological polar surface area (TPSA) is 4.93 Å². The number of hydrogen-bond acceptors (Lipinski definition) is 1. The van der Waals surface area contributed by atoms with Gasteiger partial charge in [0.25, 0.3) is 0 Å². The van der Waals surface area contributed by atoms with E-state index < -0.39 is 0 Å². The Bertz CT molecular complexity index is 2970. The van der Waals surface area contributed by atoms with Gasteiger partial charge in [-0.3, -0.25) is 0 Å². The zero-order valence-electron chi connectivity index (χ0n) is 29.8. The van der Waals surface area contributed by atoms with Crippen LogP contribution < -0.4 is 0 Å². The standard InChI is InChI=1S/C51H37NS/c1-51(2)45-22-8-5-17-39(45)40-27-25-34(31-46(40)51)37-16-4-3-15-36(37)33-26-28-48-44(30-33)41-18-6-9-23-47(41)52(48)35-14-11-13-32(29-35)38-20-12-21-43-42-19-7-10-24-49(42)53-50(38)43/h3-19,21-31,38H,20H2,1-2H3. The summed E-state index contributed by atoms with van der Waals surface area (Å²) < 4.78 is 3.84. The van der Waals surface area contributed by atoms with Crippen molar-refractivity contribution in [1.29, 1.82) is 0 Å². The second-order valence-corrected chi connectivity index (χ2v) is 16.3. The Morgan fingerprint density at radius 1 is 0.547 bits per heavy atom. The van der Waals surface area contributed by atoms with Crippen LogP contribution in [0.3, 0.4) is 0 Å². The number of allylic oxidation sites excluding steroid dienone is 1. The van der Waals surface area contributed by atoms with Crippen molar-refractivity contribution in [1.82, 2.24) is 4.57 Å². The average Bonchev–Trinajstić information content (AvgIpc) is 3.83. The molecule has 1 nitrogen and oxygen atoms in total. The van der Waals surface area contributed by atoms with Crippen molar-refractivity contribution in [2.24, 2.45) is 0 Å². The van der Waals surface area contributed by atoms with Crippen LogP contribution in [-0.4, -0.2) is 4.57 Å². The molecule has 1 atom stereocenters. The van der Waals surface area contributed by atoms with Crippen LogP contribution in [0.5, 0.6) is 0 Å². The highest BCUT2D eigenvalue weighted by molar-refractivity contribution is 7.19. The van der Waals surface area contributed by atoms with E-state index in [1.165, 1.54) is 98.1 Å². The summed E-state index contributed by atoms with van der Waals surface area (Å²) in [7, 11) is 0. The highest BCUT2D eigenvalue weighted by Crippen LogP contribution is 2.50. The average molecular weight is 696 g/mol. The van der Waals surface area contributed by atoms with Crippen LogP contribution in [0.25, 0.3) is 77.0 Å². The number of benzene rings is 7. The fourth-order valence-corrected chi connectivity index (χ4v) is 10.7. The Labute approximate surface area is 314 Å². The lowest BCUT2D eigenvalue weighted by molar-refractivity contribution is 0.660. The van der Waals surface area contributed by atoms with Crippen molar-refractivity contribution in [2.75, 3.05) is 0 Å². The number of hydrogen-bond donors (Lipinski definition) is 0. The molecule has 9 aromatic rings. The Kier molecular flexibility index (Phi) is 6.66. The number of para-hydroxylation sites is 1. The fourth-order valence-electron chi connectivity index (χ4n) is 9.39. The number of aromatic nitrogens is 1. The van der Waals surface area contributed by atoms with Crippen LogP contribution in [0.2, 0.25) is 0 Å². The van der Waals surface area contributed by atoms with Gasteiger partial charge in [0.05, 0.1) is 11.0 Å². The quantitative estimate of drug-likeness (QED) is 0.173. The molecule has 2 heteroatoms. The van der Waals surface area contributed by atoms with E-state index in [1.54, 1.807) is 0 Å². The minimum atomic E-state index is -0.0389. The van der Waals surface area contributed by atoms with E-state index in [0.29, 0.717) is 5.92 Å². The Morgan fingerprint density at radius 3 is 2.09 bits per heavy atom. The summed E-state index contributed by atoms with van der Waals surface area (Å²) in [4.78, 5) is 1.48. The van der Waals surface area contributed by atoms with Gasteiger partial charge in [0.15, 0.2) is 0 Å². The third-order valence-corrected chi connectivity index (χ3v) is 13.3. The van der Waals surface area contributed by atoms with Gasteiger partial charge < -0.3 is 4.57 Å². The first-order valence-electron chi connectivity index (χ1n) is 18.7. The minimum absolute atomic E-state index is 0.0389. The lowest BCUT2D eigenvalue weighted by Crippen LogP contribution is -2.14. The Morgan fingerprint density at radius 2 is 1.23 bits per heavy atom. The van der Waals surface area contributed by atoms with Crippen LogP contribution in [0.1, 0.15) is 53.3 Å². The molecule has 252 valence electrons. The lowest BCUT2D eigenvalue weighted by atomic mass is 9.81. The van der Waals surface area contributed by atoms with Crippen LogP contribution in [0.4, 0.5) is 0 Å². The van der Waals surface area contributed by atoms with Gasteiger partial charge in [-0.05, 0) is 110 Å². The van der Waals surface area contributed by atoms with Crippen molar-refractivity contribution in [3.63, 3.8) is 0 Å². The lowest BCUT2D eigenvalue weighted by Gasteiger charge is -2.22. The van der Waals surface area contributed by atoms with Gasteiger partial charge in [-0.25, -0.2) is 0 Å². The van der Waals surface area contributed by atoms with E-state index in [0.717, 1.165) is 6.42 Å². The van der Waals surface area contributed by atoms with Gasteiger partial charge >= 0.3 is 0 Å². The molecule has 2 aliphatic carbocycles. The van der Waals surface area contributed by atoms with E-state index in [4.69, 9.17) is 0 Å². The van der Waals surface area contributed by atoms with Gasteiger partial charge in [0.1, 0.15) is 0 Å². The highest BCUT2D eigenvalue weighted by Gasteiger charge is 2.35. The maximum Gasteiger partial charge on any atom is 0.0541 e. The second kappa shape index (κ2) is 11.5. The summed E-state index contributed by atoms with van der Waals surface area (Å²) >= 11 is 1.95. The molecule has 2 aliphatic rings. The number of rotatable bonds is 4. The molecule has 1 unspecified atom stereocenters. The van der Waals surface area contributed by atoms with Crippen LogP contribution >= 0.6 is 11.3 Å². The summed E-state index contributed by atoms with van der Waals surface area (Å²) in [5.74, 6) is 0.350. The van der Waals surface area contributed by atoms with E-state index in [9.17, 15) is 0 Å². The highest BCUT2D eigenvalue weighted by atomic mass is 32.1.